The Kier molecular flexibility index (Phi) is 5.73. The SMILES string of the molecule is NS(=O)(=O)c1ccc(NC(=O)N[C@@H](Cc2ccccc2)C(=O)O)cc1. The van der Waals surface area contributed by atoms with Crippen molar-refractivity contribution in [2.24, 2.45) is 5.14 Å². The molecule has 132 valence electrons. The van der Waals surface area contributed by atoms with Crippen molar-refractivity contribution in [2.75, 3.05) is 5.32 Å². The number of anilines is 1. The summed E-state index contributed by atoms with van der Waals surface area (Å²) in [6, 6.07) is 12.3. The minimum atomic E-state index is -3.82. The van der Waals surface area contributed by atoms with Gasteiger partial charge in [-0.15, -0.1) is 0 Å². The van der Waals surface area contributed by atoms with Gasteiger partial charge in [-0.25, -0.2) is 23.1 Å². The second-order valence-corrected chi connectivity index (χ2v) is 6.81. The number of carbonyl (C=O) groups is 2. The van der Waals surface area contributed by atoms with Crippen LogP contribution >= 0.6 is 0 Å². The molecule has 9 heteroatoms. The molecule has 2 rings (SSSR count). The molecule has 0 aliphatic carbocycles. The highest BCUT2D eigenvalue weighted by atomic mass is 32.2. The predicted octanol–water partition coefficient (Wildman–Crippen LogP) is 1.15. The third-order valence-corrected chi connectivity index (χ3v) is 4.26. The number of hydrogen-bond acceptors (Lipinski definition) is 4. The third kappa shape index (κ3) is 5.59. The minimum Gasteiger partial charge on any atom is -0.480 e. The summed E-state index contributed by atoms with van der Waals surface area (Å²) < 4.78 is 22.3. The molecular formula is C16H17N3O5S. The number of amides is 2. The summed E-state index contributed by atoms with van der Waals surface area (Å²) >= 11 is 0. The van der Waals surface area contributed by atoms with Gasteiger partial charge in [-0.3, -0.25) is 0 Å². The Morgan fingerprint density at radius 3 is 2.16 bits per heavy atom. The first-order valence-corrected chi connectivity index (χ1v) is 8.77. The second kappa shape index (κ2) is 7.77. The van der Waals surface area contributed by atoms with E-state index in [9.17, 15) is 23.1 Å². The molecule has 0 radical (unpaired) electrons. The zero-order valence-corrected chi connectivity index (χ0v) is 13.9. The molecule has 8 nitrogen and oxygen atoms in total. The zero-order chi connectivity index (χ0) is 18.4. The smallest absolute Gasteiger partial charge is 0.326 e. The van der Waals surface area contributed by atoms with E-state index in [-0.39, 0.29) is 11.3 Å². The Balaban J connectivity index is 2.00. The van der Waals surface area contributed by atoms with Crippen LogP contribution in [0.1, 0.15) is 5.56 Å². The monoisotopic (exact) mass is 363 g/mol. The molecule has 5 N–H and O–H groups in total. The molecule has 0 unspecified atom stereocenters. The molecule has 0 saturated heterocycles. The van der Waals surface area contributed by atoms with Gasteiger partial charge >= 0.3 is 12.0 Å². The van der Waals surface area contributed by atoms with E-state index in [2.05, 4.69) is 10.6 Å². The number of hydrogen-bond donors (Lipinski definition) is 4. The fourth-order valence-corrected chi connectivity index (χ4v) is 2.62. The first kappa shape index (κ1) is 18.4. The molecule has 0 fully saturated rings. The van der Waals surface area contributed by atoms with E-state index in [0.717, 1.165) is 5.56 Å². The normalized spacial score (nSPS) is 12.2. The van der Waals surface area contributed by atoms with Crippen LogP contribution in [-0.4, -0.2) is 31.6 Å². The number of carbonyl (C=O) groups excluding carboxylic acids is 1. The summed E-state index contributed by atoms with van der Waals surface area (Å²) in [7, 11) is -3.82. The highest BCUT2D eigenvalue weighted by molar-refractivity contribution is 7.89. The highest BCUT2D eigenvalue weighted by Gasteiger charge is 2.20. The fraction of sp³-hybridized carbons (Fsp3) is 0.125. The molecule has 2 amide bonds. The van der Waals surface area contributed by atoms with Gasteiger partial charge in [0.1, 0.15) is 6.04 Å². The number of sulfonamides is 1. The van der Waals surface area contributed by atoms with Crippen LogP contribution in [0, 0.1) is 0 Å². The van der Waals surface area contributed by atoms with E-state index in [1.807, 2.05) is 6.07 Å². The Labute approximate surface area is 144 Å². The number of urea groups is 1. The number of primary sulfonamides is 1. The Morgan fingerprint density at radius 1 is 1.04 bits per heavy atom. The standard InChI is InChI=1S/C16H17N3O5S/c17-25(23,24)13-8-6-12(7-9-13)18-16(22)19-14(15(20)21)10-11-4-2-1-3-5-11/h1-9,14H,10H2,(H,20,21)(H2,17,23,24)(H2,18,19,22)/t14-/m0/s1. The first-order valence-electron chi connectivity index (χ1n) is 7.23. The zero-order valence-electron chi connectivity index (χ0n) is 13.0. The summed E-state index contributed by atoms with van der Waals surface area (Å²) in [5.74, 6) is -1.16. The van der Waals surface area contributed by atoms with Crippen LogP contribution < -0.4 is 15.8 Å². The molecule has 0 aliphatic heterocycles. The lowest BCUT2D eigenvalue weighted by Gasteiger charge is -2.15. The molecule has 1 atom stereocenters. The van der Waals surface area contributed by atoms with Crippen LogP contribution in [-0.2, 0) is 21.2 Å². The maximum atomic E-state index is 12.0. The van der Waals surface area contributed by atoms with Crippen molar-refractivity contribution in [1.82, 2.24) is 5.32 Å². The first-order chi connectivity index (χ1) is 11.8. The number of rotatable bonds is 6. The molecule has 25 heavy (non-hydrogen) atoms. The summed E-state index contributed by atoms with van der Waals surface area (Å²) in [5, 5.41) is 19.0. The largest absolute Gasteiger partial charge is 0.480 e. The number of carboxylic acid groups (broad SMARTS) is 1. The molecular weight excluding hydrogens is 346 g/mol. The number of benzene rings is 2. The summed E-state index contributed by atoms with van der Waals surface area (Å²) in [4.78, 5) is 23.2. The van der Waals surface area contributed by atoms with Crippen molar-refractivity contribution in [3.8, 4) is 0 Å². The third-order valence-electron chi connectivity index (χ3n) is 3.33. The summed E-state index contributed by atoms with van der Waals surface area (Å²) in [6.45, 7) is 0. The van der Waals surface area contributed by atoms with Crippen LogP contribution in [0.2, 0.25) is 0 Å². The molecule has 0 heterocycles. The van der Waals surface area contributed by atoms with E-state index in [0.29, 0.717) is 5.69 Å². The molecule has 0 aromatic heterocycles. The quantitative estimate of drug-likeness (QED) is 0.610. The van der Waals surface area contributed by atoms with Gasteiger partial charge in [0, 0.05) is 12.1 Å². The van der Waals surface area contributed by atoms with Crippen molar-refractivity contribution < 1.29 is 23.1 Å². The molecule has 2 aromatic rings. The van der Waals surface area contributed by atoms with Gasteiger partial charge in [0.05, 0.1) is 4.90 Å². The Morgan fingerprint density at radius 2 is 1.64 bits per heavy atom. The maximum absolute atomic E-state index is 12.0. The Hall–Kier alpha value is -2.91. The van der Waals surface area contributed by atoms with Crippen LogP contribution in [0.5, 0.6) is 0 Å². The average Bonchev–Trinajstić information content (AvgIpc) is 2.54. The van der Waals surface area contributed by atoms with Crippen molar-refractivity contribution in [2.45, 2.75) is 17.4 Å². The average molecular weight is 363 g/mol. The van der Waals surface area contributed by atoms with Crippen molar-refractivity contribution in [3.63, 3.8) is 0 Å². The predicted molar refractivity (Wildman–Crippen MR) is 91.5 cm³/mol. The maximum Gasteiger partial charge on any atom is 0.326 e. The van der Waals surface area contributed by atoms with Gasteiger partial charge in [-0.2, -0.15) is 0 Å². The lowest BCUT2D eigenvalue weighted by Crippen LogP contribution is -2.44. The van der Waals surface area contributed by atoms with Gasteiger partial charge in [0.2, 0.25) is 10.0 Å². The van der Waals surface area contributed by atoms with Crippen molar-refractivity contribution in [1.29, 1.82) is 0 Å². The topological polar surface area (TPSA) is 139 Å². The van der Waals surface area contributed by atoms with Crippen molar-refractivity contribution in [3.05, 3.63) is 60.2 Å². The molecule has 0 saturated carbocycles. The van der Waals surface area contributed by atoms with E-state index in [1.165, 1.54) is 24.3 Å². The highest BCUT2D eigenvalue weighted by Crippen LogP contribution is 2.12. The second-order valence-electron chi connectivity index (χ2n) is 5.25. The molecule has 0 spiro atoms. The minimum absolute atomic E-state index is 0.0917. The van der Waals surface area contributed by atoms with Gasteiger partial charge in [-0.1, -0.05) is 30.3 Å². The van der Waals surface area contributed by atoms with E-state index >= 15 is 0 Å². The van der Waals surface area contributed by atoms with Gasteiger partial charge in [-0.05, 0) is 29.8 Å². The van der Waals surface area contributed by atoms with Crippen LogP contribution in [0.25, 0.3) is 0 Å². The lowest BCUT2D eigenvalue weighted by atomic mass is 10.1. The van der Waals surface area contributed by atoms with Crippen LogP contribution in [0.15, 0.2) is 59.5 Å². The Bertz CT molecular complexity index is 851. The molecule has 2 aromatic carbocycles. The van der Waals surface area contributed by atoms with Gasteiger partial charge < -0.3 is 15.7 Å². The van der Waals surface area contributed by atoms with Gasteiger partial charge in [0.15, 0.2) is 0 Å². The van der Waals surface area contributed by atoms with Crippen LogP contribution in [0.4, 0.5) is 10.5 Å². The van der Waals surface area contributed by atoms with E-state index in [4.69, 9.17) is 5.14 Å². The van der Waals surface area contributed by atoms with Crippen LogP contribution in [0.3, 0.4) is 0 Å². The van der Waals surface area contributed by atoms with E-state index in [1.54, 1.807) is 24.3 Å². The number of carboxylic acids is 1. The number of nitrogens with two attached hydrogens (primary N) is 1. The fourth-order valence-electron chi connectivity index (χ4n) is 2.10. The number of aliphatic carboxylic acids is 1. The molecule has 0 bridgehead atoms. The number of nitrogens with one attached hydrogen (secondary N) is 2. The van der Waals surface area contributed by atoms with Crippen molar-refractivity contribution >= 4 is 27.7 Å². The lowest BCUT2D eigenvalue weighted by molar-refractivity contribution is -0.139. The molecule has 0 aliphatic rings. The van der Waals surface area contributed by atoms with E-state index < -0.39 is 28.1 Å². The summed E-state index contributed by atoms with van der Waals surface area (Å²) in [5.41, 5.74) is 1.07. The van der Waals surface area contributed by atoms with Gasteiger partial charge in [0.25, 0.3) is 0 Å². The summed E-state index contributed by atoms with van der Waals surface area (Å²) in [6.07, 6.45) is 0.133.